The van der Waals surface area contributed by atoms with Crippen molar-refractivity contribution in [2.45, 2.75) is 19.8 Å². The summed E-state index contributed by atoms with van der Waals surface area (Å²) in [4.78, 5) is 21.0. The van der Waals surface area contributed by atoms with Crippen LogP contribution < -0.4 is 0 Å². The van der Waals surface area contributed by atoms with Gasteiger partial charge in [-0.05, 0) is 12.3 Å². The van der Waals surface area contributed by atoms with E-state index in [2.05, 4.69) is 0 Å². The molecule has 1 saturated carbocycles. The first-order valence-electron chi connectivity index (χ1n) is 3.52. The number of carboxylic acid groups (broad SMARTS) is 2. The monoisotopic (exact) mass is 158 g/mol. The summed E-state index contributed by atoms with van der Waals surface area (Å²) in [6, 6.07) is 0. The Morgan fingerprint density at radius 1 is 1.45 bits per heavy atom. The Balaban J connectivity index is 2.79. The van der Waals surface area contributed by atoms with E-state index < -0.39 is 17.4 Å². The molecule has 0 bridgehead atoms. The van der Waals surface area contributed by atoms with E-state index in [0.29, 0.717) is 6.42 Å². The first-order chi connectivity index (χ1) is 5.05. The van der Waals surface area contributed by atoms with Crippen LogP contribution in [0.25, 0.3) is 0 Å². The van der Waals surface area contributed by atoms with Crippen LogP contribution in [0.2, 0.25) is 0 Å². The number of carbonyl (C=O) groups is 2. The molecule has 4 nitrogen and oxygen atoms in total. The second-order valence-corrected chi connectivity index (χ2v) is 2.89. The van der Waals surface area contributed by atoms with E-state index in [9.17, 15) is 9.59 Å². The van der Waals surface area contributed by atoms with Crippen molar-refractivity contribution in [1.29, 1.82) is 0 Å². The van der Waals surface area contributed by atoms with Crippen molar-refractivity contribution in [3.8, 4) is 0 Å². The summed E-state index contributed by atoms with van der Waals surface area (Å²) in [5.41, 5.74) is -1.45. The van der Waals surface area contributed by atoms with E-state index >= 15 is 0 Å². The summed E-state index contributed by atoms with van der Waals surface area (Å²) in [5.74, 6) is -2.56. The highest BCUT2D eigenvalue weighted by Crippen LogP contribution is 2.54. The fourth-order valence-electron chi connectivity index (χ4n) is 1.44. The Morgan fingerprint density at radius 2 is 1.91 bits per heavy atom. The van der Waals surface area contributed by atoms with Crippen LogP contribution >= 0.6 is 0 Å². The topological polar surface area (TPSA) is 74.6 Å². The minimum absolute atomic E-state index is 0.169. The van der Waals surface area contributed by atoms with Crippen LogP contribution in [0.15, 0.2) is 0 Å². The second kappa shape index (κ2) is 2.22. The first-order valence-corrected chi connectivity index (χ1v) is 3.52. The lowest BCUT2D eigenvalue weighted by Gasteiger charge is -2.03. The zero-order valence-electron chi connectivity index (χ0n) is 6.20. The Morgan fingerprint density at radius 3 is 2.00 bits per heavy atom. The van der Waals surface area contributed by atoms with Crippen LogP contribution in [0.4, 0.5) is 0 Å². The molecular weight excluding hydrogens is 148 g/mol. The lowest BCUT2D eigenvalue weighted by molar-refractivity contribution is -0.157. The summed E-state index contributed by atoms with van der Waals surface area (Å²) < 4.78 is 0. The molecule has 2 N–H and O–H groups in total. The van der Waals surface area contributed by atoms with Crippen molar-refractivity contribution in [3.63, 3.8) is 0 Å². The van der Waals surface area contributed by atoms with Gasteiger partial charge < -0.3 is 10.2 Å². The van der Waals surface area contributed by atoms with Gasteiger partial charge in [0.05, 0.1) is 0 Å². The van der Waals surface area contributed by atoms with Crippen LogP contribution in [-0.4, -0.2) is 22.2 Å². The molecule has 0 heterocycles. The van der Waals surface area contributed by atoms with E-state index in [-0.39, 0.29) is 12.3 Å². The highest BCUT2D eigenvalue weighted by atomic mass is 16.4. The zero-order chi connectivity index (χ0) is 8.65. The molecule has 1 aliphatic rings. The van der Waals surface area contributed by atoms with Crippen molar-refractivity contribution in [1.82, 2.24) is 0 Å². The fourth-order valence-corrected chi connectivity index (χ4v) is 1.44. The minimum Gasteiger partial charge on any atom is -0.480 e. The van der Waals surface area contributed by atoms with Gasteiger partial charge in [-0.2, -0.15) is 0 Å². The molecule has 0 radical (unpaired) electrons. The maximum absolute atomic E-state index is 10.5. The molecule has 1 atom stereocenters. The average molecular weight is 158 g/mol. The normalized spacial score (nSPS) is 26.1. The fraction of sp³-hybridized carbons (Fsp3) is 0.714. The Labute approximate surface area is 63.8 Å². The summed E-state index contributed by atoms with van der Waals surface area (Å²) in [6.45, 7) is 1.80. The van der Waals surface area contributed by atoms with Gasteiger partial charge in [0.1, 0.15) is 0 Å². The van der Waals surface area contributed by atoms with Gasteiger partial charge in [0, 0.05) is 0 Å². The van der Waals surface area contributed by atoms with Crippen molar-refractivity contribution in [3.05, 3.63) is 0 Å². The van der Waals surface area contributed by atoms with Gasteiger partial charge in [-0.15, -0.1) is 0 Å². The molecule has 0 aromatic carbocycles. The number of hydrogen-bond acceptors (Lipinski definition) is 2. The van der Waals surface area contributed by atoms with Gasteiger partial charge in [0.2, 0.25) is 0 Å². The Hall–Kier alpha value is -1.06. The summed E-state index contributed by atoms with van der Waals surface area (Å²) >= 11 is 0. The molecule has 1 fully saturated rings. The predicted octanol–water partition coefficient (Wildman–Crippen LogP) is 0.572. The van der Waals surface area contributed by atoms with Crippen LogP contribution in [0.5, 0.6) is 0 Å². The standard InChI is InChI=1S/C7H10O4/c1-2-4-3-7(4,5(8)9)6(10)11/h4H,2-3H2,1H3,(H,8,9)(H,10,11)/t4-/m1/s1. The lowest BCUT2D eigenvalue weighted by Crippen LogP contribution is -2.27. The molecule has 4 heteroatoms. The molecule has 0 aromatic heterocycles. The van der Waals surface area contributed by atoms with Gasteiger partial charge in [-0.3, -0.25) is 9.59 Å². The third-order valence-corrected chi connectivity index (χ3v) is 2.36. The third kappa shape index (κ3) is 0.895. The van der Waals surface area contributed by atoms with E-state index in [1.54, 1.807) is 6.92 Å². The van der Waals surface area contributed by atoms with Gasteiger partial charge in [0.15, 0.2) is 5.41 Å². The maximum Gasteiger partial charge on any atom is 0.321 e. The van der Waals surface area contributed by atoms with Crippen molar-refractivity contribution in [2.75, 3.05) is 0 Å². The summed E-state index contributed by atoms with van der Waals surface area (Å²) in [7, 11) is 0. The van der Waals surface area contributed by atoms with E-state index in [1.807, 2.05) is 0 Å². The smallest absolute Gasteiger partial charge is 0.321 e. The SMILES string of the molecule is CC[C@@H]1CC1(C(=O)O)C(=O)O. The lowest BCUT2D eigenvalue weighted by atomic mass is 10.0. The number of aliphatic carboxylic acids is 2. The number of hydrogen-bond donors (Lipinski definition) is 2. The average Bonchev–Trinajstić information content (AvgIpc) is 2.61. The highest BCUT2D eigenvalue weighted by molar-refractivity contribution is 6.02. The molecule has 0 aliphatic heterocycles. The quantitative estimate of drug-likeness (QED) is 0.589. The molecule has 0 spiro atoms. The van der Waals surface area contributed by atoms with Crippen LogP contribution in [0.1, 0.15) is 19.8 Å². The summed E-state index contributed by atoms with van der Waals surface area (Å²) in [6.07, 6.45) is 0.909. The molecular formula is C7H10O4. The largest absolute Gasteiger partial charge is 0.480 e. The zero-order valence-corrected chi connectivity index (χ0v) is 6.20. The molecule has 62 valence electrons. The Kier molecular flexibility index (Phi) is 1.62. The molecule has 1 aliphatic carbocycles. The van der Waals surface area contributed by atoms with E-state index in [0.717, 1.165) is 0 Å². The molecule has 0 amide bonds. The molecule has 11 heavy (non-hydrogen) atoms. The second-order valence-electron chi connectivity index (χ2n) is 2.89. The predicted molar refractivity (Wildman–Crippen MR) is 36.1 cm³/mol. The van der Waals surface area contributed by atoms with Crippen molar-refractivity contribution < 1.29 is 19.8 Å². The molecule has 1 rings (SSSR count). The maximum atomic E-state index is 10.5. The Bertz CT molecular complexity index is 194. The number of rotatable bonds is 3. The van der Waals surface area contributed by atoms with Gasteiger partial charge in [-0.1, -0.05) is 13.3 Å². The van der Waals surface area contributed by atoms with Gasteiger partial charge >= 0.3 is 11.9 Å². The summed E-state index contributed by atoms with van der Waals surface area (Å²) in [5, 5.41) is 17.2. The van der Waals surface area contributed by atoms with Crippen molar-refractivity contribution in [2.24, 2.45) is 11.3 Å². The minimum atomic E-state index is -1.45. The van der Waals surface area contributed by atoms with Crippen molar-refractivity contribution >= 4 is 11.9 Å². The van der Waals surface area contributed by atoms with Gasteiger partial charge in [-0.25, -0.2) is 0 Å². The third-order valence-electron chi connectivity index (χ3n) is 2.36. The van der Waals surface area contributed by atoms with Crippen LogP contribution in [-0.2, 0) is 9.59 Å². The number of carboxylic acids is 2. The van der Waals surface area contributed by atoms with Crippen LogP contribution in [0, 0.1) is 11.3 Å². The van der Waals surface area contributed by atoms with Crippen LogP contribution in [0.3, 0.4) is 0 Å². The highest BCUT2D eigenvalue weighted by Gasteiger charge is 2.65. The molecule has 0 unspecified atom stereocenters. The van der Waals surface area contributed by atoms with E-state index in [4.69, 9.17) is 10.2 Å². The first kappa shape index (κ1) is 8.04. The molecule has 0 aromatic rings. The van der Waals surface area contributed by atoms with E-state index in [1.165, 1.54) is 0 Å². The molecule has 0 saturated heterocycles. The van der Waals surface area contributed by atoms with Gasteiger partial charge in [0.25, 0.3) is 0 Å².